The van der Waals surface area contributed by atoms with Crippen LogP contribution in [0.25, 0.3) is 0 Å². The average molecular weight is 420 g/mol. The van der Waals surface area contributed by atoms with Crippen LogP contribution in [0.15, 0.2) is 53.4 Å². The van der Waals surface area contributed by atoms with E-state index in [0.29, 0.717) is 12.8 Å². The fraction of sp³-hybridized carbons (Fsp3) is 0.350. The molecule has 9 heteroatoms. The zero-order chi connectivity index (χ0) is 21.0. The lowest BCUT2D eigenvalue weighted by atomic mass is 10.1. The Morgan fingerprint density at radius 1 is 1.14 bits per heavy atom. The summed E-state index contributed by atoms with van der Waals surface area (Å²) < 4.78 is 33.5. The molecular formula is C20H24N2O6S. The lowest BCUT2D eigenvalue weighted by molar-refractivity contribution is -0.138. The minimum Gasteiger partial charge on any atom is -0.490 e. The zero-order valence-electron chi connectivity index (χ0n) is 16.0. The molecule has 29 heavy (non-hydrogen) atoms. The van der Waals surface area contributed by atoms with Crippen LogP contribution in [-0.2, 0) is 14.8 Å². The van der Waals surface area contributed by atoms with E-state index < -0.39 is 22.0 Å². The lowest BCUT2D eigenvalue weighted by Crippen LogP contribution is -2.42. The van der Waals surface area contributed by atoms with Gasteiger partial charge in [0.15, 0.2) is 6.10 Å². The first-order valence-corrected chi connectivity index (χ1v) is 10.7. The molecule has 1 atom stereocenters. The highest BCUT2D eigenvalue weighted by Gasteiger charge is 2.33. The number of carbonyl (C=O) groups is 1. The number of nitrogens with one attached hydrogen (secondary N) is 1. The number of amides is 1. The minimum atomic E-state index is -3.93. The van der Waals surface area contributed by atoms with E-state index in [9.17, 15) is 18.3 Å². The van der Waals surface area contributed by atoms with Crippen molar-refractivity contribution in [3.63, 3.8) is 0 Å². The van der Waals surface area contributed by atoms with Gasteiger partial charge in [-0.15, -0.1) is 0 Å². The number of rotatable bonds is 6. The van der Waals surface area contributed by atoms with Crippen molar-refractivity contribution < 1.29 is 28.3 Å². The third-order valence-electron chi connectivity index (χ3n) is 4.91. The number of benzene rings is 2. The van der Waals surface area contributed by atoms with Crippen molar-refractivity contribution in [3.8, 4) is 5.75 Å². The van der Waals surface area contributed by atoms with E-state index in [-0.39, 0.29) is 29.7 Å². The van der Waals surface area contributed by atoms with Gasteiger partial charge in [-0.3, -0.25) is 10.0 Å². The van der Waals surface area contributed by atoms with Crippen molar-refractivity contribution >= 4 is 15.9 Å². The van der Waals surface area contributed by atoms with Crippen molar-refractivity contribution in [2.24, 2.45) is 0 Å². The molecular weight excluding hydrogens is 396 g/mol. The summed E-state index contributed by atoms with van der Waals surface area (Å²) in [7, 11) is -3.93. The molecule has 1 unspecified atom stereocenters. The highest BCUT2D eigenvalue weighted by molar-refractivity contribution is 7.89. The molecule has 1 heterocycles. The van der Waals surface area contributed by atoms with Crippen LogP contribution in [0.3, 0.4) is 0 Å². The van der Waals surface area contributed by atoms with Gasteiger partial charge in [-0.1, -0.05) is 35.9 Å². The topological polar surface area (TPSA) is 116 Å². The largest absolute Gasteiger partial charge is 0.490 e. The molecule has 3 N–H and O–H groups in total. The van der Waals surface area contributed by atoms with Gasteiger partial charge < -0.3 is 9.84 Å². The number of aryl methyl sites for hydroxylation is 1. The van der Waals surface area contributed by atoms with Crippen molar-refractivity contribution in [2.75, 3.05) is 13.1 Å². The molecule has 8 nitrogen and oxygen atoms in total. The van der Waals surface area contributed by atoms with Crippen LogP contribution in [0.5, 0.6) is 5.75 Å². The van der Waals surface area contributed by atoms with Crippen LogP contribution >= 0.6 is 0 Å². The summed E-state index contributed by atoms with van der Waals surface area (Å²) in [6, 6.07) is 13.4. The Hall–Kier alpha value is -2.46. The van der Waals surface area contributed by atoms with Gasteiger partial charge in [0, 0.05) is 18.7 Å². The maximum absolute atomic E-state index is 13.1. The first-order chi connectivity index (χ1) is 13.8. The third-order valence-corrected chi connectivity index (χ3v) is 6.89. The second kappa shape index (κ2) is 8.91. The SMILES string of the molecule is Cc1ccc(OC2CCN(S(=O)(=O)c3ccccc3C(O)C(=O)NO)CC2)cc1. The van der Waals surface area contributed by atoms with Gasteiger partial charge in [0.05, 0.1) is 4.90 Å². The smallest absolute Gasteiger partial charge is 0.276 e. The molecule has 1 amide bonds. The zero-order valence-corrected chi connectivity index (χ0v) is 16.8. The number of aliphatic hydroxyl groups is 1. The number of sulfonamides is 1. The highest BCUT2D eigenvalue weighted by atomic mass is 32.2. The standard InChI is InChI=1S/C20H24N2O6S/c1-14-6-8-15(9-7-14)28-16-10-12-22(13-11-16)29(26,27)18-5-3-2-4-17(18)19(23)20(24)21-25/h2-9,16,19,23,25H,10-13H2,1H3,(H,21,24). The molecule has 0 spiro atoms. The molecule has 0 aromatic heterocycles. The van der Waals surface area contributed by atoms with Crippen LogP contribution in [0.2, 0.25) is 0 Å². The van der Waals surface area contributed by atoms with Crippen LogP contribution < -0.4 is 10.2 Å². The molecule has 0 bridgehead atoms. The first-order valence-electron chi connectivity index (χ1n) is 9.27. The Morgan fingerprint density at radius 3 is 2.38 bits per heavy atom. The van der Waals surface area contributed by atoms with Crippen molar-refractivity contribution in [2.45, 2.75) is 36.9 Å². The number of nitrogens with zero attached hydrogens (tertiary/aromatic N) is 1. The summed E-state index contributed by atoms with van der Waals surface area (Å²) in [5, 5.41) is 18.8. The molecule has 0 aliphatic carbocycles. The molecule has 2 aromatic carbocycles. The van der Waals surface area contributed by atoms with Gasteiger partial charge in [0.25, 0.3) is 5.91 Å². The van der Waals surface area contributed by atoms with Crippen molar-refractivity contribution in [1.29, 1.82) is 0 Å². The van der Waals surface area contributed by atoms with E-state index in [1.165, 1.54) is 34.1 Å². The summed E-state index contributed by atoms with van der Waals surface area (Å²) >= 11 is 0. The first kappa shape index (κ1) is 21.3. The second-order valence-electron chi connectivity index (χ2n) is 6.95. The van der Waals surface area contributed by atoms with Crippen LogP contribution in [0.1, 0.15) is 30.1 Å². The van der Waals surface area contributed by atoms with Crippen LogP contribution in [0, 0.1) is 6.92 Å². The highest BCUT2D eigenvalue weighted by Crippen LogP contribution is 2.28. The molecule has 0 saturated carbocycles. The third kappa shape index (κ3) is 4.76. The Bertz CT molecular complexity index is 953. The molecule has 2 aromatic rings. The number of aliphatic hydroxyl groups excluding tert-OH is 1. The molecule has 156 valence electrons. The molecule has 1 aliphatic rings. The Balaban J connectivity index is 1.72. The van der Waals surface area contributed by atoms with Crippen LogP contribution in [-0.4, -0.2) is 48.1 Å². The molecule has 1 saturated heterocycles. The predicted octanol–water partition coefficient (Wildman–Crippen LogP) is 1.77. The van der Waals surface area contributed by atoms with Gasteiger partial charge in [0.1, 0.15) is 11.9 Å². The number of ether oxygens (including phenoxy) is 1. The average Bonchev–Trinajstić information content (AvgIpc) is 2.74. The quantitative estimate of drug-likeness (QED) is 0.484. The summed E-state index contributed by atoms with van der Waals surface area (Å²) in [6.07, 6.45) is -0.845. The normalized spacial score (nSPS) is 16.9. The molecule has 1 aliphatic heterocycles. The number of hydrogen-bond donors (Lipinski definition) is 3. The minimum absolute atomic E-state index is 0.0860. The van der Waals surface area contributed by atoms with Gasteiger partial charge in [-0.25, -0.2) is 13.9 Å². The van der Waals surface area contributed by atoms with Gasteiger partial charge in [0.2, 0.25) is 10.0 Å². The number of piperidine rings is 1. The molecule has 3 rings (SSSR count). The van der Waals surface area contributed by atoms with E-state index in [2.05, 4.69) is 0 Å². The fourth-order valence-electron chi connectivity index (χ4n) is 3.28. The van der Waals surface area contributed by atoms with Gasteiger partial charge in [-0.2, -0.15) is 4.31 Å². The Morgan fingerprint density at radius 2 is 1.76 bits per heavy atom. The van der Waals surface area contributed by atoms with E-state index in [1.807, 2.05) is 31.2 Å². The Kier molecular flexibility index (Phi) is 6.53. The summed E-state index contributed by atoms with van der Waals surface area (Å²) in [6.45, 7) is 2.51. The number of hydroxylamine groups is 1. The molecule has 1 fully saturated rings. The van der Waals surface area contributed by atoms with Crippen molar-refractivity contribution in [3.05, 3.63) is 59.7 Å². The monoisotopic (exact) mass is 420 g/mol. The maximum atomic E-state index is 13.1. The van der Waals surface area contributed by atoms with E-state index in [1.54, 1.807) is 0 Å². The van der Waals surface area contributed by atoms with E-state index in [4.69, 9.17) is 9.94 Å². The second-order valence-corrected chi connectivity index (χ2v) is 8.86. The number of carbonyl (C=O) groups excluding carboxylic acids is 1. The number of hydrogen-bond acceptors (Lipinski definition) is 6. The fourth-order valence-corrected chi connectivity index (χ4v) is 4.98. The van der Waals surface area contributed by atoms with E-state index >= 15 is 0 Å². The Labute approximate surface area is 169 Å². The predicted molar refractivity (Wildman–Crippen MR) is 105 cm³/mol. The van der Waals surface area contributed by atoms with Crippen LogP contribution in [0.4, 0.5) is 0 Å². The lowest BCUT2D eigenvalue weighted by Gasteiger charge is -2.32. The summed E-state index contributed by atoms with van der Waals surface area (Å²) in [5.41, 5.74) is 2.39. The van der Waals surface area contributed by atoms with Gasteiger partial charge in [-0.05, 0) is 38.0 Å². The maximum Gasteiger partial charge on any atom is 0.276 e. The summed E-state index contributed by atoms with van der Waals surface area (Å²) in [5.74, 6) is -0.349. The van der Waals surface area contributed by atoms with E-state index in [0.717, 1.165) is 11.3 Å². The molecule has 0 radical (unpaired) electrons. The van der Waals surface area contributed by atoms with Gasteiger partial charge >= 0.3 is 0 Å². The van der Waals surface area contributed by atoms with Crippen molar-refractivity contribution in [1.82, 2.24) is 9.79 Å². The summed E-state index contributed by atoms with van der Waals surface area (Å²) in [4.78, 5) is 11.4.